The number of amides is 1. The molecule has 17 heavy (non-hydrogen) atoms. The normalized spacial score (nSPS) is 23.5. The van der Waals surface area contributed by atoms with Crippen LogP contribution in [0.5, 0.6) is 0 Å². The van der Waals surface area contributed by atoms with E-state index in [4.69, 9.17) is 0 Å². The Morgan fingerprint density at radius 2 is 2.18 bits per heavy atom. The van der Waals surface area contributed by atoms with Gasteiger partial charge in [-0.15, -0.1) is 0 Å². The highest BCUT2D eigenvalue weighted by Gasteiger charge is 2.42. The molecule has 0 aromatic rings. The van der Waals surface area contributed by atoms with Crippen molar-refractivity contribution < 1.29 is 14.3 Å². The van der Waals surface area contributed by atoms with Crippen LogP contribution in [0, 0.1) is 5.41 Å². The number of likely N-dealkylation sites (N-methyl/N-ethyl adjacent to an activating group) is 1. The van der Waals surface area contributed by atoms with Crippen molar-refractivity contribution in [2.45, 2.75) is 26.2 Å². The van der Waals surface area contributed by atoms with Crippen LogP contribution in [-0.2, 0) is 14.3 Å². The van der Waals surface area contributed by atoms with Crippen molar-refractivity contribution in [3.8, 4) is 0 Å². The summed E-state index contributed by atoms with van der Waals surface area (Å²) < 4.78 is 4.58. The summed E-state index contributed by atoms with van der Waals surface area (Å²) in [5, 5.41) is 3.24. The number of carbonyl (C=O) groups excluding carboxylic acids is 2. The number of rotatable bonds is 5. The van der Waals surface area contributed by atoms with E-state index >= 15 is 0 Å². The number of methoxy groups -OCH3 is 1. The third-order valence-electron chi connectivity index (χ3n) is 3.37. The highest BCUT2D eigenvalue weighted by atomic mass is 16.5. The summed E-state index contributed by atoms with van der Waals surface area (Å²) >= 11 is 0. The molecule has 0 saturated carbocycles. The fourth-order valence-corrected chi connectivity index (χ4v) is 2.46. The van der Waals surface area contributed by atoms with Crippen molar-refractivity contribution in [2.75, 3.05) is 33.8 Å². The maximum absolute atomic E-state index is 12.4. The summed E-state index contributed by atoms with van der Waals surface area (Å²) in [5.41, 5.74) is -0.322. The van der Waals surface area contributed by atoms with E-state index in [2.05, 4.69) is 17.0 Å². The van der Waals surface area contributed by atoms with Gasteiger partial charge in [-0.25, -0.2) is 0 Å². The molecule has 5 heteroatoms. The Labute approximate surface area is 102 Å². The fraction of sp³-hybridized carbons (Fsp3) is 0.833. The van der Waals surface area contributed by atoms with Crippen LogP contribution in [-0.4, -0.2) is 50.6 Å². The Kier molecular flexibility index (Phi) is 4.93. The fourth-order valence-electron chi connectivity index (χ4n) is 2.46. The van der Waals surface area contributed by atoms with Crippen LogP contribution in [0.1, 0.15) is 26.2 Å². The quantitative estimate of drug-likeness (QED) is 0.709. The zero-order chi connectivity index (χ0) is 12.9. The molecule has 1 amide bonds. The van der Waals surface area contributed by atoms with Crippen molar-refractivity contribution in [3.05, 3.63) is 0 Å². The molecule has 0 aromatic heterocycles. The Hall–Kier alpha value is -1.10. The summed E-state index contributed by atoms with van der Waals surface area (Å²) in [6.07, 6.45) is 2.69. The molecule has 1 aliphatic rings. The van der Waals surface area contributed by atoms with Crippen LogP contribution in [0.15, 0.2) is 0 Å². The second kappa shape index (κ2) is 6.00. The van der Waals surface area contributed by atoms with Crippen molar-refractivity contribution in [1.82, 2.24) is 10.2 Å². The van der Waals surface area contributed by atoms with Crippen LogP contribution >= 0.6 is 0 Å². The first-order valence-electron chi connectivity index (χ1n) is 6.09. The molecule has 98 valence electrons. The van der Waals surface area contributed by atoms with Gasteiger partial charge in [0.15, 0.2) is 0 Å². The monoisotopic (exact) mass is 242 g/mol. The molecule has 1 saturated heterocycles. The predicted octanol–water partition coefficient (Wildman–Crippen LogP) is 0.398. The van der Waals surface area contributed by atoms with Crippen molar-refractivity contribution in [1.29, 1.82) is 0 Å². The highest BCUT2D eigenvalue weighted by molar-refractivity contribution is 5.86. The number of ether oxygens (including phenoxy) is 1. The smallest absolute Gasteiger partial charge is 0.325 e. The van der Waals surface area contributed by atoms with E-state index in [1.165, 1.54) is 12.0 Å². The van der Waals surface area contributed by atoms with Crippen molar-refractivity contribution in [2.24, 2.45) is 5.41 Å². The average Bonchev–Trinajstić information content (AvgIpc) is 2.78. The molecule has 5 nitrogen and oxygen atoms in total. The number of hydrogen-bond donors (Lipinski definition) is 1. The Balaban J connectivity index is 2.67. The molecule has 0 bridgehead atoms. The summed E-state index contributed by atoms with van der Waals surface area (Å²) in [6, 6.07) is 0. The minimum Gasteiger partial charge on any atom is -0.468 e. The Bertz CT molecular complexity index is 285. The van der Waals surface area contributed by atoms with E-state index < -0.39 is 0 Å². The SMILES string of the molecule is CCCC1(C(=O)N(C)CC(=O)OC)CCNC1. The third-order valence-corrected chi connectivity index (χ3v) is 3.37. The lowest BCUT2D eigenvalue weighted by atomic mass is 9.81. The number of nitrogens with zero attached hydrogens (tertiary/aromatic N) is 1. The lowest BCUT2D eigenvalue weighted by Crippen LogP contribution is -2.45. The van der Waals surface area contributed by atoms with E-state index in [9.17, 15) is 9.59 Å². The summed E-state index contributed by atoms with van der Waals surface area (Å²) in [6.45, 7) is 3.69. The first-order chi connectivity index (χ1) is 8.05. The van der Waals surface area contributed by atoms with E-state index in [1.807, 2.05) is 0 Å². The number of esters is 1. The van der Waals surface area contributed by atoms with Crippen LogP contribution in [0.2, 0.25) is 0 Å². The molecular weight excluding hydrogens is 220 g/mol. The first kappa shape index (κ1) is 14.0. The number of carbonyl (C=O) groups is 2. The molecule has 1 heterocycles. The highest BCUT2D eigenvalue weighted by Crippen LogP contribution is 2.32. The first-order valence-corrected chi connectivity index (χ1v) is 6.09. The topological polar surface area (TPSA) is 58.6 Å². The van der Waals surface area contributed by atoms with Gasteiger partial charge >= 0.3 is 5.97 Å². The van der Waals surface area contributed by atoms with Gasteiger partial charge in [-0.05, 0) is 19.4 Å². The molecule has 0 aliphatic carbocycles. The van der Waals surface area contributed by atoms with Crippen LogP contribution in [0.25, 0.3) is 0 Å². The minimum atomic E-state index is -0.376. The minimum absolute atomic E-state index is 0.0286. The molecule has 1 unspecified atom stereocenters. The van der Waals surface area contributed by atoms with Crippen molar-refractivity contribution in [3.63, 3.8) is 0 Å². The van der Waals surface area contributed by atoms with Crippen LogP contribution in [0.3, 0.4) is 0 Å². The standard InChI is InChI=1S/C12H22N2O3/c1-4-5-12(6-7-13-9-12)11(16)14(2)8-10(15)17-3/h13H,4-9H2,1-3H3. The van der Waals surface area contributed by atoms with Gasteiger partial charge in [0.05, 0.1) is 12.5 Å². The largest absolute Gasteiger partial charge is 0.468 e. The summed E-state index contributed by atoms with van der Waals surface area (Å²) in [5.74, 6) is -0.326. The number of hydrogen-bond acceptors (Lipinski definition) is 4. The van der Waals surface area contributed by atoms with Gasteiger partial charge in [-0.1, -0.05) is 13.3 Å². The van der Waals surface area contributed by atoms with E-state index in [1.54, 1.807) is 7.05 Å². The van der Waals surface area contributed by atoms with Gasteiger partial charge < -0.3 is 15.0 Å². The zero-order valence-corrected chi connectivity index (χ0v) is 10.9. The van der Waals surface area contributed by atoms with E-state index in [-0.39, 0.29) is 23.8 Å². The summed E-state index contributed by atoms with van der Waals surface area (Å²) in [7, 11) is 2.99. The Morgan fingerprint density at radius 3 is 2.65 bits per heavy atom. The van der Waals surface area contributed by atoms with Gasteiger partial charge in [0.2, 0.25) is 5.91 Å². The molecule has 1 fully saturated rings. The lowest BCUT2D eigenvalue weighted by Gasteiger charge is -2.31. The van der Waals surface area contributed by atoms with Gasteiger partial charge in [-0.3, -0.25) is 9.59 Å². The second-order valence-electron chi connectivity index (χ2n) is 4.69. The number of nitrogens with one attached hydrogen (secondary N) is 1. The molecular formula is C12H22N2O3. The maximum Gasteiger partial charge on any atom is 0.325 e. The summed E-state index contributed by atoms with van der Waals surface area (Å²) in [4.78, 5) is 25.0. The lowest BCUT2D eigenvalue weighted by molar-refractivity contribution is -0.150. The molecule has 1 N–H and O–H groups in total. The van der Waals surface area contributed by atoms with Crippen molar-refractivity contribution >= 4 is 11.9 Å². The zero-order valence-electron chi connectivity index (χ0n) is 10.9. The van der Waals surface area contributed by atoms with E-state index in [0.717, 1.165) is 25.8 Å². The third kappa shape index (κ3) is 3.19. The molecule has 1 aliphatic heterocycles. The molecule has 1 atom stereocenters. The predicted molar refractivity (Wildman–Crippen MR) is 64.5 cm³/mol. The van der Waals surface area contributed by atoms with Gasteiger partial charge in [0.1, 0.15) is 6.54 Å². The van der Waals surface area contributed by atoms with E-state index in [0.29, 0.717) is 6.54 Å². The maximum atomic E-state index is 12.4. The molecule has 0 radical (unpaired) electrons. The Morgan fingerprint density at radius 1 is 1.47 bits per heavy atom. The van der Waals surface area contributed by atoms with Crippen LogP contribution in [0.4, 0.5) is 0 Å². The molecule has 0 spiro atoms. The molecule has 1 rings (SSSR count). The van der Waals surface area contributed by atoms with Gasteiger partial charge in [-0.2, -0.15) is 0 Å². The average molecular weight is 242 g/mol. The van der Waals surface area contributed by atoms with Gasteiger partial charge in [0, 0.05) is 13.6 Å². The van der Waals surface area contributed by atoms with Gasteiger partial charge in [0.25, 0.3) is 0 Å². The van der Waals surface area contributed by atoms with Crippen LogP contribution < -0.4 is 5.32 Å². The molecule has 0 aromatic carbocycles. The second-order valence-corrected chi connectivity index (χ2v) is 4.69.